The normalized spacial score (nSPS) is 20.0. The van der Waals surface area contributed by atoms with Crippen molar-refractivity contribution in [2.45, 2.75) is 130 Å². The van der Waals surface area contributed by atoms with Crippen LogP contribution < -0.4 is 25.8 Å². The van der Waals surface area contributed by atoms with Gasteiger partial charge in [0.15, 0.2) is 0 Å². The Hall–Kier alpha value is -6.41. The van der Waals surface area contributed by atoms with Crippen molar-refractivity contribution in [3.05, 3.63) is 117 Å². The molecular weight excluding hydrogens is 849 g/mol. The van der Waals surface area contributed by atoms with Crippen LogP contribution in [0, 0.1) is 25.7 Å². The molecule has 4 aromatic carbocycles. The molecule has 2 saturated carbocycles. The Morgan fingerprint density at radius 3 is 1.48 bits per heavy atom. The van der Waals surface area contributed by atoms with Gasteiger partial charge in [-0.25, -0.2) is 4.79 Å². The second kappa shape index (κ2) is 20.6. The third-order valence-corrected chi connectivity index (χ3v) is 14.1. The van der Waals surface area contributed by atoms with Crippen LogP contribution in [-0.4, -0.2) is 81.4 Å². The SMILES string of the molecule is COc1cc(NC(=O)C2CCC(N3Cc4c(CN(C(=O)O)C(C)(C)C)cccc4C3=O)CC2)ccc1C.COc1cc(NC(=O)C2CCC(N3Cc4c(CN)cccc4C3=O)CC2)ccc1C. The molecule has 0 spiro atoms. The zero-order valence-electron chi connectivity index (χ0n) is 39.9. The molecule has 0 unspecified atom stereocenters. The Morgan fingerprint density at radius 1 is 0.672 bits per heavy atom. The number of hydrogen-bond donors (Lipinski definition) is 4. The number of anilines is 2. The average molecular weight is 915 g/mol. The molecule has 14 heteroatoms. The molecule has 5 N–H and O–H groups in total. The van der Waals surface area contributed by atoms with E-state index in [1.807, 2.05) is 117 Å². The number of fused-ring (bicyclic) bond motifs is 2. The van der Waals surface area contributed by atoms with Crippen molar-refractivity contribution in [3.8, 4) is 11.5 Å². The largest absolute Gasteiger partial charge is 0.496 e. The van der Waals surface area contributed by atoms with Crippen LogP contribution in [0.25, 0.3) is 0 Å². The first kappa shape index (κ1) is 48.5. The van der Waals surface area contributed by atoms with E-state index >= 15 is 0 Å². The van der Waals surface area contributed by atoms with Gasteiger partial charge in [-0.2, -0.15) is 0 Å². The molecule has 0 atom stereocenters. The van der Waals surface area contributed by atoms with E-state index in [1.165, 1.54) is 4.90 Å². The molecule has 4 aromatic rings. The highest BCUT2D eigenvalue weighted by Crippen LogP contribution is 2.37. The lowest BCUT2D eigenvalue weighted by molar-refractivity contribution is -0.121. The summed E-state index contributed by atoms with van der Waals surface area (Å²) in [5.74, 6) is 1.50. The van der Waals surface area contributed by atoms with Gasteiger partial charge in [-0.1, -0.05) is 36.4 Å². The number of carbonyl (C=O) groups excluding carboxylic acids is 4. The summed E-state index contributed by atoms with van der Waals surface area (Å²) in [6.07, 6.45) is 5.20. The van der Waals surface area contributed by atoms with Gasteiger partial charge in [0.05, 0.1) is 14.2 Å². The predicted octanol–water partition coefficient (Wildman–Crippen LogP) is 9.05. The summed E-state index contributed by atoms with van der Waals surface area (Å²) in [4.78, 5) is 69.1. The number of ether oxygens (including phenoxy) is 2. The molecule has 2 fully saturated rings. The minimum absolute atomic E-state index is 0.00128. The van der Waals surface area contributed by atoms with E-state index in [9.17, 15) is 29.1 Å². The maximum atomic E-state index is 13.3. The van der Waals surface area contributed by atoms with Crippen LogP contribution in [0.1, 0.15) is 126 Å². The summed E-state index contributed by atoms with van der Waals surface area (Å²) in [5.41, 5.74) is 14.1. The van der Waals surface area contributed by atoms with Crippen molar-refractivity contribution >= 4 is 41.1 Å². The zero-order chi connectivity index (χ0) is 48.2. The van der Waals surface area contributed by atoms with Crippen molar-refractivity contribution in [1.82, 2.24) is 14.7 Å². The van der Waals surface area contributed by atoms with Crippen LogP contribution in [0.2, 0.25) is 0 Å². The maximum Gasteiger partial charge on any atom is 0.408 e. The van der Waals surface area contributed by atoms with E-state index in [-0.39, 0.29) is 54.1 Å². The van der Waals surface area contributed by atoms with Gasteiger partial charge in [-0.15, -0.1) is 0 Å². The predicted molar refractivity (Wildman–Crippen MR) is 258 cm³/mol. The van der Waals surface area contributed by atoms with Crippen molar-refractivity contribution in [2.24, 2.45) is 17.6 Å². The Balaban J connectivity index is 0.000000203. The van der Waals surface area contributed by atoms with Crippen LogP contribution in [0.5, 0.6) is 11.5 Å². The number of benzene rings is 4. The van der Waals surface area contributed by atoms with Crippen LogP contribution in [-0.2, 0) is 35.8 Å². The van der Waals surface area contributed by atoms with Crippen LogP contribution in [0.15, 0.2) is 72.8 Å². The lowest BCUT2D eigenvalue weighted by Crippen LogP contribution is -2.44. The van der Waals surface area contributed by atoms with E-state index in [1.54, 1.807) is 14.2 Å². The fraction of sp³-hybridized carbons (Fsp3) is 0.453. The number of nitrogens with two attached hydrogens (primary N) is 1. The van der Waals surface area contributed by atoms with Crippen LogP contribution in [0.3, 0.4) is 0 Å². The topological polar surface area (TPSA) is 184 Å². The minimum atomic E-state index is -0.980. The number of nitrogens with zero attached hydrogens (tertiary/aromatic N) is 3. The number of carbonyl (C=O) groups is 5. The number of hydrogen-bond acceptors (Lipinski definition) is 8. The molecule has 2 heterocycles. The van der Waals surface area contributed by atoms with E-state index in [0.717, 1.165) is 100 Å². The van der Waals surface area contributed by atoms with Gasteiger partial charge >= 0.3 is 6.09 Å². The first-order valence-corrected chi connectivity index (χ1v) is 23.5. The molecule has 356 valence electrons. The average Bonchev–Trinajstić information content (AvgIpc) is 3.85. The third-order valence-electron chi connectivity index (χ3n) is 14.1. The molecule has 4 aliphatic rings. The maximum absolute atomic E-state index is 13.3. The van der Waals surface area contributed by atoms with Crippen molar-refractivity contribution in [1.29, 1.82) is 0 Å². The number of rotatable bonds is 11. The van der Waals surface area contributed by atoms with Gasteiger partial charge in [-0.3, -0.25) is 24.1 Å². The molecular formula is C53H66N6O8. The summed E-state index contributed by atoms with van der Waals surface area (Å²) in [6, 6.07) is 23.0. The Labute approximate surface area is 394 Å². The smallest absolute Gasteiger partial charge is 0.408 e. The fourth-order valence-electron chi connectivity index (χ4n) is 10.1. The van der Waals surface area contributed by atoms with Crippen molar-refractivity contribution in [2.75, 3.05) is 24.9 Å². The summed E-state index contributed by atoms with van der Waals surface area (Å²) >= 11 is 0. The standard InChI is InChI=1S/C29H37N3O5.C24H29N3O3/c1-18-9-12-21(15-25(18)37-5)30-26(33)19-10-13-22(14-11-19)31-17-24-20(7-6-8-23(24)27(31)34)16-32(28(35)36)29(2,3)4;1-15-6-9-18(12-22(15)30-2)26-23(28)16-7-10-19(11-8-16)27-14-21-17(13-25)4-3-5-20(21)24(27)29/h6-9,12,15,19,22H,10-11,13-14,16-17H2,1-5H3,(H,30,33)(H,35,36);3-6,9,12,16,19H,7-8,10-11,13-14,25H2,1-2H3,(H,26,28). The molecule has 8 rings (SSSR count). The van der Waals surface area contributed by atoms with Crippen molar-refractivity contribution < 1.29 is 38.6 Å². The molecule has 0 saturated heterocycles. The van der Waals surface area contributed by atoms with Gasteiger partial charge in [-0.05, 0) is 144 Å². The fourth-order valence-corrected chi connectivity index (χ4v) is 10.1. The van der Waals surface area contributed by atoms with Gasteiger partial charge in [0.25, 0.3) is 11.8 Å². The number of amides is 5. The molecule has 5 amide bonds. The molecule has 67 heavy (non-hydrogen) atoms. The number of carboxylic acid groups (broad SMARTS) is 1. The number of methoxy groups -OCH3 is 2. The summed E-state index contributed by atoms with van der Waals surface area (Å²) in [5, 5.41) is 15.8. The highest BCUT2D eigenvalue weighted by atomic mass is 16.5. The van der Waals surface area contributed by atoms with Crippen LogP contribution in [0.4, 0.5) is 16.2 Å². The molecule has 0 radical (unpaired) electrons. The summed E-state index contributed by atoms with van der Waals surface area (Å²) < 4.78 is 10.7. The summed E-state index contributed by atoms with van der Waals surface area (Å²) in [6.45, 7) is 11.3. The van der Waals surface area contributed by atoms with E-state index in [4.69, 9.17) is 15.2 Å². The zero-order valence-corrected chi connectivity index (χ0v) is 39.9. The van der Waals surface area contributed by atoms with E-state index in [2.05, 4.69) is 10.6 Å². The monoisotopic (exact) mass is 914 g/mol. The first-order chi connectivity index (χ1) is 32.0. The van der Waals surface area contributed by atoms with Gasteiger partial charge in [0.1, 0.15) is 11.5 Å². The molecule has 2 aliphatic carbocycles. The first-order valence-electron chi connectivity index (χ1n) is 23.5. The number of aryl methyl sites for hydroxylation is 2. The van der Waals surface area contributed by atoms with E-state index in [0.29, 0.717) is 38.0 Å². The van der Waals surface area contributed by atoms with Gasteiger partial charge < -0.3 is 40.7 Å². The lowest BCUT2D eigenvalue weighted by atomic mass is 9.84. The Morgan fingerprint density at radius 2 is 1.09 bits per heavy atom. The Bertz CT molecular complexity index is 2500. The second-order valence-electron chi connectivity index (χ2n) is 19.4. The highest BCUT2D eigenvalue weighted by molar-refractivity contribution is 6.00. The molecule has 2 aliphatic heterocycles. The number of nitrogens with one attached hydrogen (secondary N) is 2. The van der Waals surface area contributed by atoms with E-state index < -0.39 is 11.6 Å². The minimum Gasteiger partial charge on any atom is -0.496 e. The van der Waals surface area contributed by atoms with Crippen LogP contribution >= 0.6 is 0 Å². The molecule has 0 bridgehead atoms. The molecule has 14 nitrogen and oxygen atoms in total. The highest BCUT2D eigenvalue weighted by Gasteiger charge is 2.39. The quantitative estimate of drug-likeness (QED) is 0.114. The Kier molecular flexibility index (Phi) is 14.9. The third kappa shape index (κ3) is 10.8. The van der Waals surface area contributed by atoms with Gasteiger partial charge in [0.2, 0.25) is 11.8 Å². The lowest BCUT2D eigenvalue weighted by Gasteiger charge is -2.34. The summed E-state index contributed by atoms with van der Waals surface area (Å²) in [7, 11) is 3.24. The van der Waals surface area contributed by atoms with Gasteiger partial charge in [0, 0.05) is 90.3 Å². The molecule has 0 aromatic heterocycles. The van der Waals surface area contributed by atoms with Crippen molar-refractivity contribution in [3.63, 3.8) is 0 Å². The second-order valence-corrected chi connectivity index (χ2v) is 19.4.